The number of aliphatic hydroxyl groups excluding tert-OH is 1. The third-order valence-corrected chi connectivity index (χ3v) is 4.34. The van der Waals surface area contributed by atoms with Crippen molar-refractivity contribution in [3.05, 3.63) is 29.8 Å². The van der Waals surface area contributed by atoms with Crippen LogP contribution in [0.5, 0.6) is 5.75 Å². The molecule has 0 radical (unpaired) electrons. The summed E-state index contributed by atoms with van der Waals surface area (Å²) in [5.41, 5.74) is -0.0519. The lowest BCUT2D eigenvalue weighted by molar-refractivity contribution is -0.129. The zero-order valence-electron chi connectivity index (χ0n) is 13.7. The minimum atomic E-state index is -0.778. The molecule has 1 aliphatic carbocycles. The van der Waals surface area contributed by atoms with E-state index >= 15 is 0 Å². The van der Waals surface area contributed by atoms with Crippen LogP contribution in [0.25, 0.3) is 0 Å². The first-order valence-electron chi connectivity index (χ1n) is 8.08. The minimum absolute atomic E-state index is 0.0762. The molecule has 1 fully saturated rings. The van der Waals surface area contributed by atoms with Crippen molar-refractivity contribution in [2.24, 2.45) is 5.92 Å². The summed E-state index contributed by atoms with van der Waals surface area (Å²) >= 11 is 0. The fourth-order valence-electron chi connectivity index (χ4n) is 3.11. The highest BCUT2D eigenvalue weighted by Crippen LogP contribution is 2.32. The van der Waals surface area contributed by atoms with Gasteiger partial charge in [-0.25, -0.2) is 0 Å². The number of nitrogens with zero attached hydrogens (tertiary/aromatic N) is 1. The molecule has 0 spiro atoms. The molecule has 0 heterocycles. The van der Waals surface area contributed by atoms with Gasteiger partial charge in [-0.1, -0.05) is 25.5 Å². The Morgan fingerprint density at radius 2 is 2.39 bits per heavy atom. The topological polar surface area (TPSA) is 82.4 Å². The summed E-state index contributed by atoms with van der Waals surface area (Å²) in [6.07, 6.45) is 2.71. The summed E-state index contributed by atoms with van der Waals surface area (Å²) in [5.74, 6) is 0.679. The van der Waals surface area contributed by atoms with Crippen LogP contribution in [0, 0.1) is 17.2 Å². The Morgan fingerprint density at radius 3 is 3.04 bits per heavy atom. The standard InChI is InChI=1S/C18H24N2O3/c1-13-5-4-8-18(10-13,12-19)20-17(22)14(2)23-16-7-3-6-15(9-16)11-21/h3,6-7,9,13-14,21H,4-5,8,10-11H2,1-2H3,(H,20,22). The summed E-state index contributed by atoms with van der Waals surface area (Å²) in [7, 11) is 0. The Hall–Kier alpha value is -2.06. The molecule has 0 aliphatic heterocycles. The van der Waals surface area contributed by atoms with Crippen LogP contribution in [0.2, 0.25) is 0 Å². The second-order valence-electron chi connectivity index (χ2n) is 6.45. The summed E-state index contributed by atoms with van der Waals surface area (Å²) in [4.78, 5) is 12.4. The number of hydrogen-bond acceptors (Lipinski definition) is 4. The van der Waals surface area contributed by atoms with Crippen molar-refractivity contribution >= 4 is 5.91 Å². The smallest absolute Gasteiger partial charge is 0.262 e. The van der Waals surface area contributed by atoms with Crippen molar-refractivity contribution < 1.29 is 14.6 Å². The average Bonchev–Trinajstić information content (AvgIpc) is 2.55. The number of ether oxygens (including phenoxy) is 1. The fraction of sp³-hybridized carbons (Fsp3) is 0.556. The zero-order valence-corrected chi connectivity index (χ0v) is 13.7. The molecule has 1 aromatic carbocycles. The van der Waals surface area contributed by atoms with Crippen LogP contribution < -0.4 is 10.1 Å². The van der Waals surface area contributed by atoms with E-state index in [0.717, 1.165) is 18.4 Å². The van der Waals surface area contributed by atoms with E-state index in [1.807, 2.05) is 0 Å². The molecule has 5 nitrogen and oxygen atoms in total. The number of amides is 1. The molecule has 2 rings (SSSR count). The monoisotopic (exact) mass is 316 g/mol. The molecule has 0 bridgehead atoms. The Balaban J connectivity index is 2.00. The van der Waals surface area contributed by atoms with Crippen LogP contribution in [0.3, 0.4) is 0 Å². The number of hydrogen-bond donors (Lipinski definition) is 2. The fourth-order valence-corrected chi connectivity index (χ4v) is 3.11. The van der Waals surface area contributed by atoms with Gasteiger partial charge in [0.15, 0.2) is 6.10 Å². The molecule has 2 N–H and O–H groups in total. The van der Waals surface area contributed by atoms with Crippen LogP contribution in [-0.4, -0.2) is 22.7 Å². The van der Waals surface area contributed by atoms with Crippen molar-refractivity contribution in [2.45, 2.75) is 57.8 Å². The van der Waals surface area contributed by atoms with Crippen molar-refractivity contribution in [3.8, 4) is 11.8 Å². The highest BCUT2D eigenvalue weighted by atomic mass is 16.5. The molecule has 1 saturated carbocycles. The van der Waals surface area contributed by atoms with Gasteiger partial charge in [-0.15, -0.1) is 0 Å². The van der Waals surface area contributed by atoms with Gasteiger partial charge in [0, 0.05) is 0 Å². The first-order chi connectivity index (χ1) is 11.0. The van der Waals surface area contributed by atoms with Gasteiger partial charge in [0.05, 0.1) is 12.7 Å². The minimum Gasteiger partial charge on any atom is -0.481 e. The number of aliphatic hydroxyl groups is 1. The third kappa shape index (κ3) is 4.46. The normalized spacial score (nSPS) is 25.2. The van der Waals surface area contributed by atoms with E-state index in [2.05, 4.69) is 18.3 Å². The molecule has 1 amide bonds. The van der Waals surface area contributed by atoms with E-state index in [1.165, 1.54) is 0 Å². The molecular formula is C18H24N2O3. The van der Waals surface area contributed by atoms with Gasteiger partial charge in [-0.3, -0.25) is 4.79 Å². The molecule has 3 unspecified atom stereocenters. The van der Waals surface area contributed by atoms with E-state index in [4.69, 9.17) is 9.84 Å². The maximum atomic E-state index is 12.4. The number of nitriles is 1. The molecule has 1 aliphatic rings. The predicted molar refractivity (Wildman–Crippen MR) is 86.6 cm³/mol. The lowest BCUT2D eigenvalue weighted by atomic mass is 9.77. The molecule has 1 aromatic rings. The quantitative estimate of drug-likeness (QED) is 0.874. The van der Waals surface area contributed by atoms with Crippen molar-refractivity contribution in [1.82, 2.24) is 5.32 Å². The number of nitrogens with one attached hydrogen (secondary N) is 1. The number of rotatable bonds is 5. The zero-order chi connectivity index (χ0) is 16.9. The lowest BCUT2D eigenvalue weighted by Gasteiger charge is -2.35. The maximum Gasteiger partial charge on any atom is 0.262 e. The van der Waals surface area contributed by atoms with Crippen LogP contribution in [0.15, 0.2) is 24.3 Å². The molecule has 5 heteroatoms. The Morgan fingerprint density at radius 1 is 1.61 bits per heavy atom. The predicted octanol–water partition coefficient (Wildman–Crippen LogP) is 2.53. The molecular weight excluding hydrogens is 292 g/mol. The molecule has 124 valence electrons. The Labute approximate surface area is 137 Å². The second-order valence-corrected chi connectivity index (χ2v) is 6.45. The van der Waals surface area contributed by atoms with Gasteiger partial charge < -0.3 is 15.2 Å². The second kappa shape index (κ2) is 7.47. The van der Waals surface area contributed by atoms with E-state index in [-0.39, 0.29) is 12.5 Å². The number of carbonyl (C=O) groups is 1. The van der Waals surface area contributed by atoms with Gasteiger partial charge in [0.2, 0.25) is 0 Å². The van der Waals surface area contributed by atoms with E-state index in [9.17, 15) is 10.1 Å². The first kappa shape index (κ1) is 17.3. The summed E-state index contributed by atoms with van der Waals surface area (Å²) in [5, 5.41) is 21.5. The van der Waals surface area contributed by atoms with Crippen LogP contribution in [0.1, 0.15) is 45.1 Å². The van der Waals surface area contributed by atoms with Gasteiger partial charge in [-0.2, -0.15) is 5.26 Å². The van der Waals surface area contributed by atoms with Crippen LogP contribution in [0.4, 0.5) is 0 Å². The summed E-state index contributed by atoms with van der Waals surface area (Å²) < 4.78 is 5.64. The van der Waals surface area contributed by atoms with Gasteiger partial charge >= 0.3 is 0 Å². The molecule has 0 saturated heterocycles. The molecule has 3 atom stereocenters. The SMILES string of the molecule is CC1CCCC(C#N)(NC(=O)C(C)Oc2cccc(CO)c2)C1. The summed E-state index contributed by atoms with van der Waals surface area (Å²) in [6, 6.07) is 9.29. The van der Waals surface area contributed by atoms with Crippen molar-refractivity contribution in [2.75, 3.05) is 0 Å². The largest absolute Gasteiger partial charge is 0.481 e. The van der Waals surface area contributed by atoms with Crippen molar-refractivity contribution in [1.29, 1.82) is 5.26 Å². The number of benzene rings is 1. The van der Waals surface area contributed by atoms with E-state index < -0.39 is 11.6 Å². The lowest BCUT2D eigenvalue weighted by Crippen LogP contribution is -2.53. The first-order valence-corrected chi connectivity index (χ1v) is 8.08. The van der Waals surface area contributed by atoms with Gasteiger partial charge in [-0.05, 0) is 49.8 Å². The van der Waals surface area contributed by atoms with Gasteiger partial charge in [0.25, 0.3) is 5.91 Å². The maximum absolute atomic E-state index is 12.4. The van der Waals surface area contributed by atoms with Gasteiger partial charge in [0.1, 0.15) is 11.3 Å². The number of carbonyl (C=O) groups excluding carboxylic acids is 1. The molecule has 23 heavy (non-hydrogen) atoms. The van der Waals surface area contributed by atoms with Crippen LogP contribution >= 0.6 is 0 Å². The highest BCUT2D eigenvalue weighted by molar-refractivity contribution is 5.82. The third-order valence-electron chi connectivity index (χ3n) is 4.34. The Bertz CT molecular complexity index is 596. The Kier molecular flexibility index (Phi) is 5.62. The van der Waals surface area contributed by atoms with E-state index in [0.29, 0.717) is 24.5 Å². The van der Waals surface area contributed by atoms with Crippen LogP contribution in [-0.2, 0) is 11.4 Å². The summed E-state index contributed by atoms with van der Waals surface area (Å²) in [6.45, 7) is 3.70. The van der Waals surface area contributed by atoms with Crippen molar-refractivity contribution in [3.63, 3.8) is 0 Å². The average molecular weight is 316 g/mol. The highest BCUT2D eigenvalue weighted by Gasteiger charge is 2.37. The molecule has 0 aromatic heterocycles. The van der Waals surface area contributed by atoms with E-state index in [1.54, 1.807) is 31.2 Å².